The number of nitrogens with two attached hydrogens (primary N) is 2. The third-order valence-electron chi connectivity index (χ3n) is 5.16. The van der Waals surface area contributed by atoms with Crippen LogP contribution in [0.3, 0.4) is 0 Å². The second-order valence-corrected chi connectivity index (χ2v) is 8.04. The monoisotopic (exact) mass is 522 g/mol. The van der Waals surface area contributed by atoms with Gasteiger partial charge in [0.25, 0.3) is 0 Å². The molecule has 0 aliphatic heterocycles. The Balaban J connectivity index is 2.02. The number of benzene rings is 2. The van der Waals surface area contributed by atoms with Crippen LogP contribution in [0.1, 0.15) is 70.0 Å². The number of hydrogen-bond donors (Lipinski definition) is 5. The number of carboxylic acid groups (broad SMARTS) is 2. The van der Waals surface area contributed by atoms with Gasteiger partial charge in [0.05, 0.1) is 29.3 Å². The molecular weight excluding hydrogens is 497 g/mol. The highest BCUT2D eigenvalue weighted by Crippen LogP contribution is 2.33. The van der Waals surface area contributed by atoms with Gasteiger partial charge in [-0.1, -0.05) is 18.2 Å². The first kappa shape index (κ1) is 28.8. The Morgan fingerprint density at radius 3 is 2.22 bits per heavy atom. The van der Waals surface area contributed by atoms with Crippen molar-refractivity contribution in [1.29, 1.82) is 0 Å². The summed E-state index contributed by atoms with van der Waals surface area (Å²) < 4.78 is 39.5. The number of nitrogens with zero attached hydrogens (tertiary/aromatic N) is 1. The van der Waals surface area contributed by atoms with Crippen LogP contribution in [-0.4, -0.2) is 39.8 Å². The van der Waals surface area contributed by atoms with Crippen molar-refractivity contribution in [3.05, 3.63) is 64.7 Å². The minimum Gasteiger partial charge on any atom is -0.481 e. The minimum atomic E-state index is -4.73. The Kier molecular flexibility index (Phi) is 9.75. The van der Waals surface area contributed by atoms with Gasteiger partial charge in [-0.05, 0) is 42.7 Å². The molecule has 0 bridgehead atoms. The Morgan fingerprint density at radius 2 is 1.62 bits per heavy atom. The molecule has 37 heavy (non-hydrogen) atoms. The van der Waals surface area contributed by atoms with Gasteiger partial charge in [0.2, 0.25) is 5.91 Å². The molecule has 10 nitrogen and oxygen atoms in total. The third kappa shape index (κ3) is 8.94. The van der Waals surface area contributed by atoms with Gasteiger partial charge in [0.1, 0.15) is 0 Å². The van der Waals surface area contributed by atoms with Crippen molar-refractivity contribution in [1.82, 2.24) is 5.32 Å². The van der Waals surface area contributed by atoms with E-state index in [0.717, 1.165) is 6.07 Å². The number of aliphatic imine (C=N–C) groups is 1. The van der Waals surface area contributed by atoms with Gasteiger partial charge >= 0.3 is 18.1 Å². The molecule has 0 spiro atoms. The van der Waals surface area contributed by atoms with E-state index in [2.05, 4.69) is 10.3 Å². The molecule has 2 rings (SSSR count). The summed E-state index contributed by atoms with van der Waals surface area (Å²) in [5.74, 6) is -4.20. The number of guanidine groups is 1. The average Bonchev–Trinajstić information content (AvgIpc) is 2.79. The number of carbonyl (C=O) groups is 4. The van der Waals surface area contributed by atoms with Gasteiger partial charge < -0.3 is 27.0 Å². The lowest BCUT2D eigenvalue weighted by Gasteiger charge is -2.19. The molecule has 0 fully saturated rings. The summed E-state index contributed by atoms with van der Waals surface area (Å²) >= 11 is 0. The lowest BCUT2D eigenvalue weighted by Crippen LogP contribution is -2.31. The second-order valence-electron chi connectivity index (χ2n) is 8.04. The van der Waals surface area contributed by atoms with E-state index in [1.165, 1.54) is 24.3 Å². The summed E-state index contributed by atoms with van der Waals surface area (Å²) in [4.78, 5) is 51.2. The molecule has 0 saturated carbocycles. The van der Waals surface area contributed by atoms with Gasteiger partial charge in [0.15, 0.2) is 11.7 Å². The van der Waals surface area contributed by atoms with Crippen LogP contribution in [-0.2, 0) is 15.8 Å². The standard InChI is InChI=1S/C24H25F3N4O6/c25-24(26,27)14-9-13(10-15(11-14)30-23(28)29)19(32)7-3-4-8-20(33)31-18(12-21(34)35)16-5-1-2-6-17(16)22(36)37/h1-2,5-6,9-11,18H,3-4,7-8,12H2,(H,31,33)(H,34,35)(H,36,37)(H4,28,29,30). The first-order chi connectivity index (χ1) is 17.3. The van der Waals surface area contributed by atoms with Crippen LogP contribution < -0.4 is 16.8 Å². The van der Waals surface area contributed by atoms with E-state index in [1.807, 2.05) is 0 Å². The molecule has 1 amide bonds. The molecule has 0 aliphatic carbocycles. The van der Waals surface area contributed by atoms with Gasteiger partial charge in [-0.3, -0.25) is 14.4 Å². The first-order valence-electron chi connectivity index (χ1n) is 11.0. The molecule has 0 aromatic heterocycles. The summed E-state index contributed by atoms with van der Waals surface area (Å²) in [5, 5.41) is 21.0. The Labute approximate surface area is 209 Å². The van der Waals surface area contributed by atoms with Crippen molar-refractivity contribution in [3.8, 4) is 0 Å². The Bertz CT molecular complexity index is 1210. The number of alkyl halides is 3. The van der Waals surface area contributed by atoms with Crippen molar-refractivity contribution >= 4 is 35.3 Å². The van der Waals surface area contributed by atoms with E-state index in [4.69, 9.17) is 11.5 Å². The molecule has 0 aliphatic rings. The molecule has 13 heteroatoms. The van der Waals surface area contributed by atoms with Crippen LogP contribution in [0.15, 0.2) is 47.5 Å². The summed E-state index contributed by atoms with van der Waals surface area (Å²) in [6.45, 7) is 0. The maximum Gasteiger partial charge on any atom is 0.416 e. The normalized spacial score (nSPS) is 11.9. The number of aliphatic carboxylic acids is 1. The number of carbonyl (C=O) groups excluding carboxylic acids is 2. The maximum absolute atomic E-state index is 13.2. The summed E-state index contributed by atoms with van der Waals surface area (Å²) in [6.07, 6.45) is -5.26. The van der Waals surface area contributed by atoms with Crippen molar-refractivity contribution in [2.75, 3.05) is 0 Å². The molecule has 198 valence electrons. The van der Waals surface area contributed by atoms with E-state index in [0.29, 0.717) is 12.1 Å². The maximum atomic E-state index is 13.2. The van der Waals surface area contributed by atoms with Gasteiger partial charge in [-0.15, -0.1) is 0 Å². The molecule has 2 aromatic carbocycles. The number of carboxylic acids is 2. The average molecular weight is 522 g/mol. The molecule has 1 atom stereocenters. The number of amides is 1. The fraction of sp³-hybridized carbons (Fsp3) is 0.292. The van der Waals surface area contributed by atoms with E-state index < -0.39 is 53.8 Å². The zero-order valence-corrected chi connectivity index (χ0v) is 19.4. The highest BCUT2D eigenvalue weighted by atomic mass is 19.4. The topological polar surface area (TPSA) is 185 Å². The number of hydrogen-bond acceptors (Lipinski definition) is 5. The number of nitrogens with one attached hydrogen (secondary N) is 1. The highest BCUT2D eigenvalue weighted by molar-refractivity contribution is 5.97. The predicted octanol–water partition coefficient (Wildman–Crippen LogP) is 3.38. The molecule has 7 N–H and O–H groups in total. The highest BCUT2D eigenvalue weighted by Gasteiger charge is 2.32. The SMILES string of the molecule is NC(N)=Nc1cc(C(=O)CCCCC(=O)NC(CC(=O)O)c2ccccc2C(=O)O)cc(C(F)(F)F)c1. The van der Waals surface area contributed by atoms with Crippen LogP contribution in [0.5, 0.6) is 0 Å². The van der Waals surface area contributed by atoms with Gasteiger partial charge in [-0.25, -0.2) is 9.79 Å². The molecule has 1 unspecified atom stereocenters. The van der Waals surface area contributed by atoms with Gasteiger partial charge in [0, 0.05) is 18.4 Å². The Hall–Kier alpha value is -4.42. The fourth-order valence-corrected chi connectivity index (χ4v) is 3.54. The van der Waals surface area contributed by atoms with E-state index in [9.17, 15) is 42.6 Å². The molecule has 0 saturated heterocycles. The van der Waals surface area contributed by atoms with E-state index in [-0.39, 0.29) is 48.1 Å². The number of aromatic carboxylic acids is 1. The first-order valence-corrected chi connectivity index (χ1v) is 11.0. The van der Waals surface area contributed by atoms with Crippen molar-refractivity contribution in [2.45, 2.75) is 44.3 Å². The van der Waals surface area contributed by atoms with E-state index >= 15 is 0 Å². The molecule has 0 heterocycles. The quantitative estimate of drug-likeness (QED) is 0.121. The van der Waals surface area contributed by atoms with Crippen LogP contribution >= 0.6 is 0 Å². The van der Waals surface area contributed by atoms with Crippen molar-refractivity contribution in [3.63, 3.8) is 0 Å². The molecule has 0 radical (unpaired) electrons. The van der Waals surface area contributed by atoms with Gasteiger partial charge in [-0.2, -0.15) is 13.2 Å². The largest absolute Gasteiger partial charge is 0.481 e. The summed E-state index contributed by atoms with van der Waals surface area (Å²) in [6, 6.07) is 7.10. The van der Waals surface area contributed by atoms with E-state index in [1.54, 1.807) is 0 Å². The van der Waals surface area contributed by atoms with Crippen LogP contribution in [0.2, 0.25) is 0 Å². The smallest absolute Gasteiger partial charge is 0.416 e. The van der Waals surface area contributed by atoms with Crippen LogP contribution in [0.25, 0.3) is 0 Å². The predicted molar refractivity (Wildman–Crippen MR) is 126 cm³/mol. The van der Waals surface area contributed by atoms with Crippen LogP contribution in [0, 0.1) is 0 Å². The van der Waals surface area contributed by atoms with Crippen molar-refractivity contribution < 1.29 is 42.6 Å². The zero-order valence-electron chi connectivity index (χ0n) is 19.4. The molecular formula is C24H25F3N4O6. The minimum absolute atomic E-state index is 0.125. The number of ketones is 1. The summed E-state index contributed by atoms with van der Waals surface area (Å²) in [5.41, 5.74) is 8.84. The lowest BCUT2D eigenvalue weighted by molar-refractivity contribution is -0.138. The zero-order chi connectivity index (χ0) is 27.8. The number of rotatable bonds is 12. The second kappa shape index (κ2) is 12.5. The summed E-state index contributed by atoms with van der Waals surface area (Å²) in [7, 11) is 0. The van der Waals surface area contributed by atoms with Crippen molar-refractivity contribution in [2.24, 2.45) is 16.5 Å². The number of Topliss-reactive ketones (excluding diaryl/α,β-unsaturated/α-hetero) is 1. The number of unbranched alkanes of at least 4 members (excludes halogenated alkanes) is 1. The molecule has 2 aromatic rings. The van der Waals surface area contributed by atoms with Crippen LogP contribution in [0.4, 0.5) is 18.9 Å². The Morgan fingerprint density at radius 1 is 0.973 bits per heavy atom. The lowest BCUT2D eigenvalue weighted by atomic mass is 9.97. The number of halogens is 3. The third-order valence-corrected chi connectivity index (χ3v) is 5.16. The fourth-order valence-electron chi connectivity index (χ4n) is 3.54.